The first kappa shape index (κ1) is 16.3. The highest BCUT2D eigenvalue weighted by Gasteiger charge is 2.50. The average Bonchev–Trinajstić information content (AvgIpc) is 2.91. The molecule has 26 heavy (non-hydrogen) atoms. The van der Waals surface area contributed by atoms with Gasteiger partial charge in [-0.25, -0.2) is 13.8 Å². The second-order valence-corrected chi connectivity index (χ2v) is 6.34. The fraction of sp³-hybridized carbons (Fsp3) is 0.150. The van der Waals surface area contributed by atoms with Crippen LogP contribution in [0.1, 0.15) is 11.1 Å². The number of hydrogen-bond donors (Lipinski definition) is 0. The number of halogens is 2. The van der Waals surface area contributed by atoms with E-state index in [1.165, 1.54) is 24.3 Å². The van der Waals surface area contributed by atoms with E-state index in [0.29, 0.717) is 18.8 Å². The van der Waals surface area contributed by atoms with Gasteiger partial charge in [-0.15, -0.1) is 0 Å². The summed E-state index contributed by atoms with van der Waals surface area (Å²) < 4.78 is 26.5. The Kier molecular flexibility index (Phi) is 3.95. The van der Waals surface area contributed by atoms with Gasteiger partial charge in [-0.05, 0) is 41.5 Å². The lowest BCUT2D eigenvalue weighted by Gasteiger charge is -2.36. The zero-order valence-electron chi connectivity index (χ0n) is 13.8. The molecule has 130 valence electrons. The number of guanidine groups is 1. The number of carbonyl (C=O) groups excluding carboxylic acids is 1. The van der Waals surface area contributed by atoms with Crippen molar-refractivity contribution >= 4 is 18.1 Å². The Morgan fingerprint density at radius 3 is 1.96 bits per heavy atom. The van der Waals surface area contributed by atoms with Gasteiger partial charge in [0.05, 0.1) is 0 Å². The van der Waals surface area contributed by atoms with Crippen LogP contribution in [0.4, 0.5) is 8.78 Å². The first-order chi connectivity index (χ1) is 12.6. The second kappa shape index (κ2) is 6.29. The fourth-order valence-corrected chi connectivity index (χ4v) is 3.34. The number of rotatable bonds is 4. The summed E-state index contributed by atoms with van der Waals surface area (Å²) in [4.78, 5) is 22.9. The predicted octanol–water partition coefficient (Wildman–Crippen LogP) is 3.29. The van der Waals surface area contributed by atoms with Gasteiger partial charge in [-0.2, -0.15) is 4.99 Å². The van der Waals surface area contributed by atoms with Crippen molar-refractivity contribution in [1.82, 2.24) is 4.90 Å². The number of fused-ring (bicyclic) bond motifs is 1. The van der Waals surface area contributed by atoms with E-state index in [0.717, 1.165) is 11.1 Å². The summed E-state index contributed by atoms with van der Waals surface area (Å²) in [5.74, 6) is -0.649. The van der Waals surface area contributed by atoms with Crippen LogP contribution in [0, 0.1) is 11.6 Å². The standard InChI is InChI=1S/C20H15F2N3O/c21-16-6-2-14(3-7-16)12-20(13-15-4-8-17(22)9-5-15)18(26)24-19-23-10-1-11-25(19)20/h1-11H,12-13H2. The Labute approximate surface area is 149 Å². The third kappa shape index (κ3) is 2.83. The molecule has 0 aromatic heterocycles. The van der Waals surface area contributed by atoms with E-state index in [4.69, 9.17) is 0 Å². The van der Waals surface area contributed by atoms with Gasteiger partial charge in [0.25, 0.3) is 5.91 Å². The van der Waals surface area contributed by atoms with E-state index >= 15 is 0 Å². The molecular formula is C20H15F2N3O. The summed E-state index contributed by atoms with van der Waals surface area (Å²) in [6, 6.07) is 12.1. The number of allylic oxidation sites excluding steroid dienone is 1. The highest BCUT2D eigenvalue weighted by molar-refractivity contribution is 6.10. The Bertz CT molecular complexity index is 883. The van der Waals surface area contributed by atoms with Gasteiger partial charge in [0.15, 0.2) is 0 Å². The van der Waals surface area contributed by atoms with Crippen molar-refractivity contribution in [2.24, 2.45) is 9.98 Å². The molecule has 2 aromatic rings. The lowest BCUT2D eigenvalue weighted by Crippen LogP contribution is -2.52. The molecule has 4 nitrogen and oxygen atoms in total. The molecular weight excluding hydrogens is 336 g/mol. The third-order valence-corrected chi connectivity index (χ3v) is 4.61. The summed E-state index contributed by atoms with van der Waals surface area (Å²) in [7, 11) is 0. The lowest BCUT2D eigenvalue weighted by atomic mass is 9.83. The zero-order valence-corrected chi connectivity index (χ0v) is 13.8. The quantitative estimate of drug-likeness (QED) is 0.849. The van der Waals surface area contributed by atoms with Crippen LogP contribution in [0.15, 0.2) is 70.8 Å². The smallest absolute Gasteiger partial charge is 0.275 e. The molecule has 0 saturated heterocycles. The van der Waals surface area contributed by atoms with Crippen molar-refractivity contribution in [3.8, 4) is 0 Å². The maximum absolute atomic E-state index is 13.3. The van der Waals surface area contributed by atoms with E-state index in [1.807, 2.05) is 0 Å². The summed E-state index contributed by atoms with van der Waals surface area (Å²) in [6.45, 7) is 0. The van der Waals surface area contributed by atoms with Crippen molar-refractivity contribution in [1.29, 1.82) is 0 Å². The van der Waals surface area contributed by atoms with Crippen LogP contribution in [-0.2, 0) is 17.6 Å². The summed E-state index contributed by atoms with van der Waals surface area (Å²) >= 11 is 0. The van der Waals surface area contributed by atoms with Gasteiger partial charge in [0.1, 0.15) is 17.2 Å². The molecule has 0 unspecified atom stereocenters. The molecule has 0 saturated carbocycles. The third-order valence-electron chi connectivity index (χ3n) is 4.61. The van der Waals surface area contributed by atoms with Crippen molar-refractivity contribution in [2.45, 2.75) is 18.4 Å². The first-order valence-corrected chi connectivity index (χ1v) is 8.19. The predicted molar refractivity (Wildman–Crippen MR) is 94.9 cm³/mol. The van der Waals surface area contributed by atoms with E-state index in [-0.39, 0.29) is 17.5 Å². The maximum Gasteiger partial charge on any atom is 0.275 e. The molecule has 1 amide bonds. The molecule has 6 heteroatoms. The van der Waals surface area contributed by atoms with E-state index < -0.39 is 5.54 Å². The molecule has 4 rings (SSSR count). The molecule has 0 bridgehead atoms. The van der Waals surface area contributed by atoms with Gasteiger partial charge in [-0.3, -0.25) is 4.79 Å². The highest BCUT2D eigenvalue weighted by Crippen LogP contribution is 2.34. The monoisotopic (exact) mass is 351 g/mol. The van der Waals surface area contributed by atoms with Crippen molar-refractivity contribution in [2.75, 3.05) is 0 Å². The molecule has 0 spiro atoms. The van der Waals surface area contributed by atoms with Crippen molar-refractivity contribution in [3.05, 3.63) is 83.6 Å². The van der Waals surface area contributed by atoms with E-state index in [2.05, 4.69) is 9.98 Å². The van der Waals surface area contributed by atoms with Gasteiger partial charge in [0, 0.05) is 25.3 Å². The van der Waals surface area contributed by atoms with Crippen LogP contribution >= 0.6 is 0 Å². The van der Waals surface area contributed by atoms with Crippen molar-refractivity contribution in [3.63, 3.8) is 0 Å². The Hall–Kier alpha value is -3.15. The van der Waals surface area contributed by atoms with E-state index in [9.17, 15) is 13.6 Å². The molecule has 2 aliphatic rings. The molecule has 2 heterocycles. The number of nitrogens with zero attached hydrogens (tertiary/aromatic N) is 3. The van der Waals surface area contributed by atoms with Crippen LogP contribution < -0.4 is 0 Å². The molecule has 0 atom stereocenters. The molecule has 0 aliphatic carbocycles. The molecule has 2 aromatic carbocycles. The topological polar surface area (TPSA) is 45.0 Å². The second-order valence-electron chi connectivity index (χ2n) is 6.34. The SMILES string of the molecule is O=C1N=C2N=CC=CN2C1(Cc1ccc(F)cc1)Cc1ccc(F)cc1. The lowest BCUT2D eigenvalue weighted by molar-refractivity contribution is -0.124. The summed E-state index contributed by atoms with van der Waals surface area (Å²) in [5.41, 5.74) is 0.599. The highest BCUT2D eigenvalue weighted by atomic mass is 19.1. The van der Waals surface area contributed by atoms with Gasteiger partial charge >= 0.3 is 0 Å². The maximum atomic E-state index is 13.3. The molecule has 0 radical (unpaired) electrons. The van der Waals surface area contributed by atoms with Gasteiger partial charge in [-0.1, -0.05) is 24.3 Å². The number of aliphatic imine (C=N–C) groups is 2. The largest absolute Gasteiger partial charge is 0.301 e. The zero-order chi connectivity index (χ0) is 18.1. The minimum Gasteiger partial charge on any atom is -0.301 e. The molecule has 2 aliphatic heterocycles. The van der Waals surface area contributed by atoms with Crippen molar-refractivity contribution < 1.29 is 13.6 Å². The van der Waals surface area contributed by atoms with Crippen LogP contribution in [0.25, 0.3) is 0 Å². The van der Waals surface area contributed by atoms with Gasteiger partial charge in [0.2, 0.25) is 5.96 Å². The Balaban J connectivity index is 1.75. The Morgan fingerprint density at radius 2 is 1.42 bits per heavy atom. The minimum atomic E-state index is -1.01. The fourth-order valence-electron chi connectivity index (χ4n) is 3.34. The first-order valence-electron chi connectivity index (χ1n) is 8.19. The summed E-state index contributed by atoms with van der Waals surface area (Å²) in [6.07, 6.45) is 5.74. The van der Waals surface area contributed by atoms with Gasteiger partial charge < -0.3 is 4.90 Å². The van der Waals surface area contributed by atoms with Crippen LogP contribution in [0.2, 0.25) is 0 Å². The number of hydrogen-bond acceptors (Lipinski definition) is 3. The number of carbonyl (C=O) groups is 1. The normalized spacial score (nSPS) is 17.4. The average molecular weight is 351 g/mol. The van der Waals surface area contributed by atoms with Crippen LogP contribution in [0.5, 0.6) is 0 Å². The minimum absolute atomic E-state index is 0.315. The summed E-state index contributed by atoms with van der Waals surface area (Å²) in [5, 5.41) is 0. The molecule has 0 N–H and O–H groups in total. The number of benzene rings is 2. The van der Waals surface area contributed by atoms with Crippen LogP contribution in [0.3, 0.4) is 0 Å². The molecule has 0 fully saturated rings. The Morgan fingerprint density at radius 1 is 0.885 bits per heavy atom. The van der Waals surface area contributed by atoms with E-state index in [1.54, 1.807) is 47.7 Å². The van der Waals surface area contributed by atoms with Crippen LogP contribution in [-0.4, -0.2) is 28.5 Å². The number of amides is 1.